The molecule has 92 valence electrons. The minimum Gasteiger partial charge on any atom is -0.323 e. The molecule has 1 aliphatic heterocycles. The highest BCUT2D eigenvalue weighted by Crippen LogP contribution is 2.33. The van der Waals surface area contributed by atoms with Crippen LogP contribution in [0.2, 0.25) is 0 Å². The second-order valence-corrected chi connectivity index (χ2v) is 7.39. The highest BCUT2D eigenvalue weighted by molar-refractivity contribution is 8.06. The van der Waals surface area contributed by atoms with E-state index in [4.69, 9.17) is 5.73 Å². The molecule has 1 aromatic rings. The smallest absolute Gasteiger partial charge is 0.0423 e. The molecule has 1 heterocycles. The topological polar surface area (TPSA) is 26.0 Å². The first kappa shape index (κ1) is 11.9. The minimum atomic E-state index is 0.221. The molecule has 1 fully saturated rings. The molecular formula is C14H19NS2. The third-order valence-electron chi connectivity index (χ3n) is 3.75. The average Bonchev–Trinajstić information content (AvgIpc) is 2.86. The van der Waals surface area contributed by atoms with Crippen LogP contribution in [0.3, 0.4) is 0 Å². The Morgan fingerprint density at radius 2 is 2.06 bits per heavy atom. The molecule has 0 bridgehead atoms. The van der Waals surface area contributed by atoms with E-state index in [2.05, 4.69) is 41.7 Å². The molecule has 0 radical (unpaired) electrons. The lowest BCUT2D eigenvalue weighted by molar-refractivity contribution is 0.718. The quantitative estimate of drug-likeness (QED) is 0.890. The van der Waals surface area contributed by atoms with Gasteiger partial charge in [0.2, 0.25) is 0 Å². The van der Waals surface area contributed by atoms with Crippen molar-refractivity contribution in [3.63, 3.8) is 0 Å². The first-order chi connectivity index (χ1) is 8.34. The van der Waals surface area contributed by atoms with Crippen molar-refractivity contribution < 1.29 is 0 Å². The molecular weight excluding hydrogens is 246 g/mol. The lowest BCUT2D eigenvalue weighted by atomic mass is 10.00. The molecule has 2 N–H and O–H groups in total. The summed E-state index contributed by atoms with van der Waals surface area (Å²) in [5.74, 6) is 3.76. The molecule has 1 aliphatic carbocycles. The SMILES string of the molecule is NC(c1ccc2c(c1)CCC2)C1CSCCS1. The summed E-state index contributed by atoms with van der Waals surface area (Å²) in [4.78, 5) is 0. The Bertz CT molecular complexity index is 399. The van der Waals surface area contributed by atoms with Crippen molar-refractivity contribution in [1.29, 1.82) is 0 Å². The van der Waals surface area contributed by atoms with Crippen LogP contribution >= 0.6 is 23.5 Å². The number of benzene rings is 1. The van der Waals surface area contributed by atoms with Gasteiger partial charge in [0.05, 0.1) is 0 Å². The summed E-state index contributed by atoms with van der Waals surface area (Å²) >= 11 is 4.10. The Hall–Kier alpha value is -0.120. The highest BCUT2D eigenvalue weighted by atomic mass is 32.2. The van der Waals surface area contributed by atoms with Crippen molar-refractivity contribution in [2.45, 2.75) is 30.6 Å². The van der Waals surface area contributed by atoms with Gasteiger partial charge in [0.25, 0.3) is 0 Å². The van der Waals surface area contributed by atoms with Crippen LogP contribution in [-0.4, -0.2) is 22.5 Å². The van der Waals surface area contributed by atoms with Gasteiger partial charge < -0.3 is 5.73 Å². The molecule has 0 aromatic heterocycles. The molecule has 0 amide bonds. The van der Waals surface area contributed by atoms with Crippen molar-refractivity contribution in [2.24, 2.45) is 5.73 Å². The Morgan fingerprint density at radius 3 is 2.88 bits per heavy atom. The van der Waals surface area contributed by atoms with Gasteiger partial charge in [0, 0.05) is 28.6 Å². The van der Waals surface area contributed by atoms with Gasteiger partial charge in [0.1, 0.15) is 0 Å². The summed E-state index contributed by atoms with van der Waals surface area (Å²) in [6.07, 6.45) is 3.84. The zero-order valence-electron chi connectivity index (χ0n) is 10.0. The maximum Gasteiger partial charge on any atom is 0.0423 e. The minimum absolute atomic E-state index is 0.221. The van der Waals surface area contributed by atoms with E-state index in [1.165, 1.54) is 42.1 Å². The van der Waals surface area contributed by atoms with E-state index in [0.29, 0.717) is 5.25 Å². The van der Waals surface area contributed by atoms with Crippen molar-refractivity contribution in [3.05, 3.63) is 34.9 Å². The Morgan fingerprint density at radius 1 is 1.18 bits per heavy atom. The predicted molar refractivity (Wildman–Crippen MR) is 79.0 cm³/mol. The summed E-state index contributed by atoms with van der Waals surface area (Å²) in [5.41, 5.74) is 10.9. The number of hydrogen-bond acceptors (Lipinski definition) is 3. The van der Waals surface area contributed by atoms with Gasteiger partial charge in [-0.05, 0) is 36.0 Å². The molecule has 0 spiro atoms. The van der Waals surface area contributed by atoms with Gasteiger partial charge in [-0.2, -0.15) is 23.5 Å². The van der Waals surface area contributed by atoms with E-state index in [0.717, 1.165) is 0 Å². The van der Waals surface area contributed by atoms with Crippen LogP contribution in [0.4, 0.5) is 0 Å². The number of aryl methyl sites for hydroxylation is 2. The first-order valence-electron chi connectivity index (χ1n) is 6.41. The summed E-state index contributed by atoms with van der Waals surface area (Å²) < 4.78 is 0. The lowest BCUT2D eigenvalue weighted by Gasteiger charge is -2.27. The van der Waals surface area contributed by atoms with Gasteiger partial charge in [-0.3, -0.25) is 0 Å². The largest absolute Gasteiger partial charge is 0.323 e. The van der Waals surface area contributed by atoms with Crippen LogP contribution in [0, 0.1) is 0 Å². The Labute approximate surface area is 112 Å². The van der Waals surface area contributed by atoms with Crippen LogP contribution in [0.5, 0.6) is 0 Å². The molecule has 2 atom stereocenters. The Kier molecular flexibility index (Phi) is 3.69. The fourth-order valence-corrected chi connectivity index (χ4v) is 5.53. The van der Waals surface area contributed by atoms with Crippen LogP contribution < -0.4 is 5.73 Å². The summed E-state index contributed by atoms with van der Waals surface area (Å²) in [5, 5.41) is 0.605. The summed E-state index contributed by atoms with van der Waals surface area (Å²) in [7, 11) is 0. The van der Waals surface area contributed by atoms with Crippen molar-refractivity contribution >= 4 is 23.5 Å². The third-order valence-corrected chi connectivity index (χ3v) is 6.63. The molecule has 2 unspecified atom stereocenters. The molecule has 17 heavy (non-hydrogen) atoms. The van der Waals surface area contributed by atoms with Crippen molar-refractivity contribution in [2.75, 3.05) is 17.3 Å². The first-order valence-corrected chi connectivity index (χ1v) is 8.61. The Balaban J connectivity index is 1.78. The van der Waals surface area contributed by atoms with Gasteiger partial charge in [0.15, 0.2) is 0 Å². The second-order valence-electron chi connectivity index (χ2n) is 4.89. The van der Waals surface area contributed by atoms with Crippen LogP contribution in [0.25, 0.3) is 0 Å². The second kappa shape index (κ2) is 5.25. The molecule has 3 rings (SSSR count). The van der Waals surface area contributed by atoms with Gasteiger partial charge >= 0.3 is 0 Å². The molecule has 0 saturated carbocycles. The molecule has 1 nitrogen and oxygen atoms in total. The fraction of sp³-hybridized carbons (Fsp3) is 0.571. The van der Waals surface area contributed by atoms with E-state index in [1.807, 2.05) is 0 Å². The van der Waals surface area contributed by atoms with Gasteiger partial charge in [-0.25, -0.2) is 0 Å². The maximum absolute atomic E-state index is 6.43. The standard InChI is InChI=1S/C14H19NS2/c15-14(13-9-16-6-7-17-13)12-5-4-10-2-1-3-11(10)8-12/h4-5,8,13-14H,1-3,6-7,9,15H2. The van der Waals surface area contributed by atoms with Gasteiger partial charge in [-0.1, -0.05) is 18.2 Å². The van der Waals surface area contributed by atoms with E-state index in [9.17, 15) is 0 Å². The number of hydrogen-bond donors (Lipinski definition) is 1. The van der Waals surface area contributed by atoms with E-state index < -0.39 is 0 Å². The number of thioether (sulfide) groups is 2. The van der Waals surface area contributed by atoms with Crippen LogP contribution in [0.1, 0.15) is 29.2 Å². The zero-order chi connectivity index (χ0) is 11.7. The van der Waals surface area contributed by atoms with Crippen LogP contribution in [0.15, 0.2) is 18.2 Å². The highest BCUT2D eigenvalue weighted by Gasteiger charge is 2.23. The van der Waals surface area contributed by atoms with E-state index in [1.54, 1.807) is 11.1 Å². The summed E-state index contributed by atoms with van der Waals surface area (Å²) in [6.45, 7) is 0. The lowest BCUT2D eigenvalue weighted by Crippen LogP contribution is -2.28. The normalized spacial score (nSPS) is 25.6. The number of fused-ring (bicyclic) bond motifs is 1. The number of rotatable bonds is 2. The monoisotopic (exact) mass is 265 g/mol. The maximum atomic E-state index is 6.43. The molecule has 1 saturated heterocycles. The van der Waals surface area contributed by atoms with Crippen molar-refractivity contribution in [1.82, 2.24) is 0 Å². The summed E-state index contributed by atoms with van der Waals surface area (Å²) in [6, 6.07) is 7.15. The molecule has 1 aromatic carbocycles. The average molecular weight is 265 g/mol. The fourth-order valence-electron chi connectivity index (χ4n) is 2.73. The predicted octanol–water partition coefficient (Wildman–Crippen LogP) is 3.02. The number of nitrogens with two attached hydrogens (primary N) is 1. The van der Waals surface area contributed by atoms with Crippen LogP contribution in [-0.2, 0) is 12.8 Å². The van der Waals surface area contributed by atoms with Gasteiger partial charge in [-0.15, -0.1) is 0 Å². The zero-order valence-corrected chi connectivity index (χ0v) is 11.7. The van der Waals surface area contributed by atoms with E-state index >= 15 is 0 Å². The third kappa shape index (κ3) is 2.51. The van der Waals surface area contributed by atoms with E-state index in [-0.39, 0.29) is 6.04 Å². The molecule has 2 aliphatic rings. The van der Waals surface area contributed by atoms with Crippen molar-refractivity contribution in [3.8, 4) is 0 Å². The molecule has 3 heteroatoms.